The van der Waals surface area contributed by atoms with Gasteiger partial charge in [-0.15, -0.1) is 0 Å². The Morgan fingerprint density at radius 3 is 2.87 bits per heavy atom. The Bertz CT molecular complexity index is 668. The number of likely N-dealkylation sites (N-methyl/N-ethyl adjacent to an activating group) is 1. The third-order valence-corrected chi connectivity index (χ3v) is 3.96. The number of rotatable bonds is 4. The molecule has 2 aromatic heterocycles. The van der Waals surface area contributed by atoms with Gasteiger partial charge in [0.15, 0.2) is 5.82 Å². The van der Waals surface area contributed by atoms with Crippen LogP contribution >= 0.6 is 0 Å². The van der Waals surface area contributed by atoms with Crippen LogP contribution < -0.4 is 0 Å². The number of nitrogens with zero attached hydrogens (tertiary/aromatic N) is 5. The maximum absolute atomic E-state index is 12.6. The number of carbonyl (C=O) groups is 1. The van der Waals surface area contributed by atoms with Crippen molar-refractivity contribution in [1.82, 2.24) is 24.6 Å². The van der Waals surface area contributed by atoms with Gasteiger partial charge in [0, 0.05) is 31.7 Å². The van der Waals surface area contributed by atoms with Crippen molar-refractivity contribution < 1.29 is 9.90 Å². The van der Waals surface area contributed by atoms with Gasteiger partial charge in [-0.05, 0) is 38.7 Å². The molecule has 1 aliphatic rings. The smallest absolute Gasteiger partial charge is 0.255 e. The van der Waals surface area contributed by atoms with Crippen molar-refractivity contribution in [2.24, 2.45) is 0 Å². The summed E-state index contributed by atoms with van der Waals surface area (Å²) in [7, 11) is 3.83. The zero-order valence-electron chi connectivity index (χ0n) is 13.4. The summed E-state index contributed by atoms with van der Waals surface area (Å²) in [6.45, 7) is 1.46. The van der Waals surface area contributed by atoms with Crippen molar-refractivity contribution in [1.29, 1.82) is 0 Å². The highest BCUT2D eigenvalue weighted by Crippen LogP contribution is 2.23. The first-order valence-corrected chi connectivity index (χ1v) is 7.59. The normalized spacial score (nSPS) is 21.1. The average molecular weight is 315 g/mol. The molecule has 0 saturated carbocycles. The standard InChI is InChI=1S/C16H21N5O2/c1-19(2)11-16(23)6-9-20(12-16)15(22)13-4-5-14(17-10-13)21-8-3-7-18-21/h3-5,7-8,10,23H,6,9,11-12H2,1-2H3. The van der Waals surface area contributed by atoms with E-state index >= 15 is 0 Å². The van der Waals surface area contributed by atoms with E-state index in [1.165, 1.54) is 0 Å². The third-order valence-electron chi connectivity index (χ3n) is 3.96. The average Bonchev–Trinajstić information content (AvgIpc) is 3.16. The molecule has 1 aliphatic heterocycles. The first kappa shape index (κ1) is 15.6. The molecule has 0 aliphatic carbocycles. The summed E-state index contributed by atoms with van der Waals surface area (Å²) >= 11 is 0. The number of β-amino-alcohol motifs (C(OH)–C–C–N with tert-alkyl or cyclic N) is 1. The second kappa shape index (κ2) is 6.10. The van der Waals surface area contributed by atoms with Crippen LogP contribution in [0.3, 0.4) is 0 Å². The van der Waals surface area contributed by atoms with Crippen LogP contribution in [0, 0.1) is 0 Å². The van der Waals surface area contributed by atoms with Gasteiger partial charge in [0.05, 0.1) is 17.7 Å². The second-order valence-electron chi connectivity index (χ2n) is 6.29. The van der Waals surface area contributed by atoms with Gasteiger partial charge < -0.3 is 14.9 Å². The Kier molecular flexibility index (Phi) is 4.14. The topological polar surface area (TPSA) is 74.5 Å². The predicted molar refractivity (Wildman–Crippen MR) is 85.4 cm³/mol. The molecule has 0 aromatic carbocycles. The third kappa shape index (κ3) is 3.40. The molecule has 1 N–H and O–H groups in total. The fourth-order valence-electron chi connectivity index (χ4n) is 2.98. The minimum Gasteiger partial charge on any atom is -0.387 e. The van der Waals surface area contributed by atoms with Crippen molar-refractivity contribution in [3.8, 4) is 5.82 Å². The predicted octanol–water partition coefficient (Wildman–Crippen LogP) is 0.406. The Balaban J connectivity index is 1.69. The van der Waals surface area contributed by atoms with Gasteiger partial charge in [0.25, 0.3) is 5.91 Å². The van der Waals surface area contributed by atoms with Crippen molar-refractivity contribution in [2.75, 3.05) is 33.7 Å². The van der Waals surface area contributed by atoms with Gasteiger partial charge in [-0.25, -0.2) is 9.67 Å². The van der Waals surface area contributed by atoms with Crippen LogP contribution in [-0.2, 0) is 0 Å². The van der Waals surface area contributed by atoms with Gasteiger partial charge in [-0.1, -0.05) is 0 Å². The molecule has 1 atom stereocenters. The lowest BCUT2D eigenvalue weighted by Gasteiger charge is -2.26. The molecule has 0 spiro atoms. The van der Waals surface area contributed by atoms with Crippen molar-refractivity contribution in [3.05, 3.63) is 42.4 Å². The largest absolute Gasteiger partial charge is 0.387 e. The zero-order valence-corrected chi connectivity index (χ0v) is 13.4. The summed E-state index contributed by atoms with van der Waals surface area (Å²) in [6, 6.07) is 5.33. The molecule has 0 radical (unpaired) electrons. The van der Waals surface area contributed by atoms with Crippen molar-refractivity contribution >= 4 is 5.91 Å². The summed E-state index contributed by atoms with van der Waals surface area (Å²) in [5, 5.41) is 14.6. The van der Waals surface area contributed by atoms with Gasteiger partial charge in [-0.3, -0.25) is 4.79 Å². The van der Waals surface area contributed by atoms with Crippen LogP contribution in [0.25, 0.3) is 5.82 Å². The molecule has 3 rings (SSSR count). The quantitative estimate of drug-likeness (QED) is 0.884. The van der Waals surface area contributed by atoms with E-state index < -0.39 is 5.60 Å². The van der Waals surface area contributed by atoms with E-state index in [-0.39, 0.29) is 5.91 Å². The molecule has 3 heterocycles. The van der Waals surface area contributed by atoms with Crippen LogP contribution in [0.4, 0.5) is 0 Å². The van der Waals surface area contributed by atoms with Gasteiger partial charge >= 0.3 is 0 Å². The fraction of sp³-hybridized carbons (Fsp3) is 0.438. The van der Waals surface area contributed by atoms with Gasteiger partial charge in [0.2, 0.25) is 0 Å². The number of aliphatic hydroxyl groups is 1. The van der Waals surface area contributed by atoms with E-state index in [2.05, 4.69) is 10.1 Å². The maximum atomic E-state index is 12.6. The number of aromatic nitrogens is 3. The molecular weight excluding hydrogens is 294 g/mol. The molecule has 1 fully saturated rings. The van der Waals surface area contributed by atoms with Crippen molar-refractivity contribution in [2.45, 2.75) is 12.0 Å². The minimum atomic E-state index is -0.832. The number of pyridine rings is 1. The van der Waals surface area contributed by atoms with Crippen LogP contribution in [-0.4, -0.2) is 74.9 Å². The number of amides is 1. The Morgan fingerprint density at radius 2 is 2.26 bits per heavy atom. The highest BCUT2D eigenvalue weighted by Gasteiger charge is 2.38. The number of likely N-dealkylation sites (tertiary alicyclic amines) is 1. The molecule has 1 unspecified atom stereocenters. The summed E-state index contributed by atoms with van der Waals surface area (Å²) in [5.74, 6) is 0.566. The van der Waals surface area contributed by atoms with Crippen molar-refractivity contribution in [3.63, 3.8) is 0 Å². The van der Waals surface area contributed by atoms with E-state index in [9.17, 15) is 9.90 Å². The van der Waals surface area contributed by atoms with Crippen LogP contribution in [0.1, 0.15) is 16.8 Å². The Hall–Kier alpha value is -2.25. The van der Waals surface area contributed by atoms with Crippen LogP contribution in [0.2, 0.25) is 0 Å². The second-order valence-corrected chi connectivity index (χ2v) is 6.29. The summed E-state index contributed by atoms with van der Waals surface area (Å²) in [5.41, 5.74) is -0.309. The minimum absolute atomic E-state index is 0.0980. The number of carbonyl (C=O) groups excluding carboxylic acids is 1. The summed E-state index contributed by atoms with van der Waals surface area (Å²) in [4.78, 5) is 20.5. The number of hydrogen-bond donors (Lipinski definition) is 1. The molecule has 23 heavy (non-hydrogen) atoms. The highest BCUT2D eigenvalue weighted by molar-refractivity contribution is 5.94. The molecule has 2 aromatic rings. The fourth-order valence-corrected chi connectivity index (χ4v) is 2.98. The van der Waals surface area contributed by atoms with Crippen LogP contribution in [0.15, 0.2) is 36.8 Å². The monoisotopic (exact) mass is 315 g/mol. The molecule has 122 valence electrons. The van der Waals surface area contributed by atoms with E-state index in [1.807, 2.05) is 25.1 Å². The molecular formula is C16H21N5O2. The van der Waals surface area contributed by atoms with E-state index in [0.29, 0.717) is 37.4 Å². The lowest BCUT2D eigenvalue weighted by atomic mass is 10.0. The zero-order chi connectivity index (χ0) is 16.4. The lowest BCUT2D eigenvalue weighted by Crippen LogP contribution is -2.43. The first-order chi connectivity index (χ1) is 11.0. The van der Waals surface area contributed by atoms with E-state index in [4.69, 9.17) is 0 Å². The molecule has 1 amide bonds. The van der Waals surface area contributed by atoms with Gasteiger partial charge in [0.1, 0.15) is 0 Å². The summed E-state index contributed by atoms with van der Waals surface area (Å²) in [6.07, 6.45) is 5.63. The summed E-state index contributed by atoms with van der Waals surface area (Å²) < 4.78 is 1.64. The molecule has 7 nitrogen and oxygen atoms in total. The SMILES string of the molecule is CN(C)CC1(O)CCN(C(=O)c2ccc(-n3cccn3)nc2)C1. The maximum Gasteiger partial charge on any atom is 0.255 e. The lowest BCUT2D eigenvalue weighted by molar-refractivity contribution is 0.0236. The Labute approximate surface area is 135 Å². The molecule has 7 heteroatoms. The molecule has 0 bridgehead atoms. The van der Waals surface area contributed by atoms with Crippen LogP contribution in [0.5, 0.6) is 0 Å². The number of hydrogen-bond acceptors (Lipinski definition) is 5. The highest BCUT2D eigenvalue weighted by atomic mass is 16.3. The Morgan fingerprint density at radius 1 is 1.43 bits per heavy atom. The molecule has 1 saturated heterocycles. The van der Waals surface area contributed by atoms with E-state index in [0.717, 1.165) is 0 Å². The first-order valence-electron chi connectivity index (χ1n) is 7.59. The van der Waals surface area contributed by atoms with E-state index in [1.54, 1.807) is 40.3 Å². The van der Waals surface area contributed by atoms with Gasteiger partial charge in [-0.2, -0.15) is 5.10 Å².